The molecule has 0 spiro atoms. The van der Waals surface area contributed by atoms with Crippen LogP contribution < -0.4 is 5.32 Å². The lowest BCUT2D eigenvalue weighted by atomic mass is 10.1. The Labute approximate surface area is 72.6 Å². The summed E-state index contributed by atoms with van der Waals surface area (Å²) in [4.78, 5) is 10.6. The van der Waals surface area contributed by atoms with Gasteiger partial charge in [-0.05, 0) is 12.5 Å². The van der Waals surface area contributed by atoms with Crippen molar-refractivity contribution in [1.29, 1.82) is 0 Å². The number of rotatable bonds is 2. The van der Waals surface area contributed by atoms with Gasteiger partial charge >= 0.3 is 5.91 Å². The van der Waals surface area contributed by atoms with Crippen molar-refractivity contribution in [3.05, 3.63) is 42.8 Å². The molecule has 62 valence electrons. The lowest BCUT2D eigenvalue weighted by Gasteiger charge is -2.09. The summed E-state index contributed by atoms with van der Waals surface area (Å²) >= 11 is 0. The fourth-order valence-corrected chi connectivity index (χ4v) is 1.07. The van der Waals surface area contributed by atoms with Gasteiger partial charge in [0, 0.05) is 0 Å². The minimum atomic E-state index is -0.244. The Bertz CT molecular complexity index is 256. The number of benzene rings is 1. The molecule has 1 N–H and O–H groups in total. The van der Waals surface area contributed by atoms with Gasteiger partial charge in [0.25, 0.3) is 0 Å². The van der Waals surface area contributed by atoms with Crippen molar-refractivity contribution in [2.75, 3.05) is 0 Å². The van der Waals surface area contributed by atoms with E-state index in [4.69, 9.17) is 0 Å². The highest BCUT2D eigenvalue weighted by Crippen LogP contribution is 2.10. The van der Waals surface area contributed by atoms with Crippen LogP contribution in [0.1, 0.15) is 18.5 Å². The molecule has 0 aromatic heterocycles. The minimum absolute atomic E-state index is 0.0381. The summed E-state index contributed by atoms with van der Waals surface area (Å²) in [5, 5.41) is 2.71. The molecule has 2 nitrogen and oxygen atoms in total. The summed E-state index contributed by atoms with van der Waals surface area (Å²) in [5.41, 5.74) is 1.09. The molecule has 0 heterocycles. The molecule has 12 heavy (non-hydrogen) atoms. The molecule has 0 aliphatic rings. The second-order valence-electron chi connectivity index (χ2n) is 2.70. The van der Waals surface area contributed by atoms with E-state index in [9.17, 15) is 4.79 Å². The lowest BCUT2D eigenvalue weighted by Crippen LogP contribution is -2.23. The average Bonchev–Trinajstić information content (AvgIpc) is 2.05. The average molecular weight is 162 g/mol. The van der Waals surface area contributed by atoms with E-state index in [1.54, 1.807) is 0 Å². The van der Waals surface area contributed by atoms with Crippen LogP contribution in [0.15, 0.2) is 30.3 Å². The number of hydrogen-bond donors (Lipinski definition) is 1. The van der Waals surface area contributed by atoms with Crippen LogP contribution in [-0.2, 0) is 4.79 Å². The normalized spacial score (nSPS) is 12.1. The Morgan fingerprint density at radius 1 is 1.42 bits per heavy atom. The van der Waals surface area contributed by atoms with Crippen LogP contribution in [0.2, 0.25) is 0 Å². The molecular formula is C10H12NO+. The lowest BCUT2D eigenvalue weighted by molar-refractivity contribution is -0.117. The first-order chi connectivity index (χ1) is 5.70. The monoisotopic (exact) mass is 162 g/mol. The summed E-state index contributed by atoms with van der Waals surface area (Å²) < 4.78 is 0. The maximum absolute atomic E-state index is 10.6. The molecule has 0 radical (unpaired) electrons. The van der Waals surface area contributed by atoms with Gasteiger partial charge in [-0.25, -0.2) is 4.79 Å². The van der Waals surface area contributed by atoms with Gasteiger partial charge in [-0.2, -0.15) is 0 Å². The molecule has 0 aliphatic carbocycles. The first kappa shape index (κ1) is 8.65. The van der Waals surface area contributed by atoms with E-state index < -0.39 is 0 Å². The zero-order valence-electron chi connectivity index (χ0n) is 7.08. The highest BCUT2D eigenvalue weighted by molar-refractivity contribution is 5.80. The Morgan fingerprint density at radius 3 is 2.50 bits per heavy atom. The van der Waals surface area contributed by atoms with E-state index in [2.05, 4.69) is 12.2 Å². The van der Waals surface area contributed by atoms with Crippen LogP contribution in [0.4, 0.5) is 0 Å². The van der Waals surface area contributed by atoms with Gasteiger partial charge in [0.05, 0.1) is 6.04 Å². The number of carbonyl (C=O) groups excluding carboxylic acids is 1. The molecule has 0 aliphatic heterocycles. The van der Waals surface area contributed by atoms with E-state index in [0.29, 0.717) is 0 Å². The van der Waals surface area contributed by atoms with E-state index in [1.165, 1.54) is 0 Å². The predicted molar refractivity (Wildman–Crippen MR) is 48.4 cm³/mol. The third kappa shape index (κ3) is 2.31. The van der Waals surface area contributed by atoms with Crippen molar-refractivity contribution in [1.82, 2.24) is 5.32 Å². The van der Waals surface area contributed by atoms with Crippen molar-refractivity contribution in [3.8, 4) is 0 Å². The van der Waals surface area contributed by atoms with Gasteiger partial charge in [-0.15, -0.1) is 0 Å². The van der Waals surface area contributed by atoms with Gasteiger partial charge in [-0.3, -0.25) is 0 Å². The molecule has 0 saturated carbocycles. The van der Waals surface area contributed by atoms with Gasteiger partial charge in [0.15, 0.2) is 6.92 Å². The highest BCUT2D eigenvalue weighted by Gasteiger charge is 2.07. The first-order valence-electron chi connectivity index (χ1n) is 3.87. The second-order valence-corrected chi connectivity index (χ2v) is 2.70. The van der Waals surface area contributed by atoms with Crippen molar-refractivity contribution >= 4 is 5.91 Å². The Morgan fingerprint density at radius 2 is 2.00 bits per heavy atom. The molecule has 1 unspecified atom stereocenters. The molecule has 1 aromatic carbocycles. The van der Waals surface area contributed by atoms with Gasteiger partial charge < -0.3 is 5.32 Å². The Hall–Kier alpha value is -1.44. The molecule has 1 aromatic rings. The quantitative estimate of drug-likeness (QED) is 0.659. The van der Waals surface area contributed by atoms with Crippen LogP contribution in [0.3, 0.4) is 0 Å². The van der Waals surface area contributed by atoms with E-state index in [1.807, 2.05) is 37.3 Å². The van der Waals surface area contributed by atoms with E-state index >= 15 is 0 Å². The van der Waals surface area contributed by atoms with Crippen molar-refractivity contribution < 1.29 is 4.79 Å². The van der Waals surface area contributed by atoms with Crippen LogP contribution in [0, 0.1) is 6.92 Å². The molecule has 0 fully saturated rings. The summed E-state index contributed by atoms with van der Waals surface area (Å²) in [7, 11) is 0. The number of hydrogen-bond acceptors (Lipinski definition) is 1. The molecule has 1 atom stereocenters. The Balaban J connectivity index is 2.65. The maximum Gasteiger partial charge on any atom is 0.399 e. The van der Waals surface area contributed by atoms with E-state index in [0.717, 1.165) is 5.56 Å². The summed E-state index contributed by atoms with van der Waals surface area (Å²) in [6.45, 7) is 5.18. The van der Waals surface area contributed by atoms with Crippen LogP contribution in [0.25, 0.3) is 0 Å². The van der Waals surface area contributed by atoms with Crippen molar-refractivity contribution in [2.24, 2.45) is 0 Å². The smallest absolute Gasteiger partial charge is 0.310 e. The standard InChI is InChI=1S/C10H11NO/c1-8(11-9(2)12)10-6-4-3-5-7-10/h3-8H,2H2,1H3/p+1. The Kier molecular flexibility index (Phi) is 2.75. The van der Waals surface area contributed by atoms with Crippen LogP contribution in [0.5, 0.6) is 0 Å². The molecule has 0 saturated heterocycles. The first-order valence-corrected chi connectivity index (χ1v) is 3.87. The maximum atomic E-state index is 10.6. The largest absolute Gasteiger partial charge is 0.399 e. The number of nitrogens with one attached hydrogen (secondary N) is 1. The second kappa shape index (κ2) is 3.81. The SMILES string of the molecule is [CH2+]C(=O)NC(C)c1ccccc1. The number of carbonyl (C=O) groups is 1. The molecule has 1 amide bonds. The molecule has 2 heteroatoms. The summed E-state index contributed by atoms with van der Waals surface area (Å²) in [6, 6.07) is 9.82. The van der Waals surface area contributed by atoms with Crippen LogP contribution >= 0.6 is 0 Å². The fraction of sp³-hybridized carbons (Fsp3) is 0.200. The fourth-order valence-electron chi connectivity index (χ4n) is 1.07. The summed E-state index contributed by atoms with van der Waals surface area (Å²) in [6.07, 6.45) is 0. The predicted octanol–water partition coefficient (Wildman–Crippen LogP) is 1.70. The number of amides is 1. The summed E-state index contributed by atoms with van der Waals surface area (Å²) in [5.74, 6) is -0.244. The molecular weight excluding hydrogens is 150 g/mol. The van der Waals surface area contributed by atoms with Gasteiger partial charge in [0.1, 0.15) is 0 Å². The van der Waals surface area contributed by atoms with Crippen molar-refractivity contribution in [2.45, 2.75) is 13.0 Å². The van der Waals surface area contributed by atoms with Gasteiger partial charge in [0.2, 0.25) is 0 Å². The molecule has 0 bridgehead atoms. The minimum Gasteiger partial charge on any atom is -0.310 e. The van der Waals surface area contributed by atoms with Crippen LogP contribution in [-0.4, -0.2) is 5.91 Å². The van der Waals surface area contributed by atoms with Crippen molar-refractivity contribution in [3.63, 3.8) is 0 Å². The zero-order chi connectivity index (χ0) is 8.97. The third-order valence-electron chi connectivity index (χ3n) is 1.68. The van der Waals surface area contributed by atoms with Gasteiger partial charge in [-0.1, -0.05) is 30.3 Å². The highest BCUT2D eigenvalue weighted by atomic mass is 16.1. The zero-order valence-corrected chi connectivity index (χ0v) is 7.08. The molecule has 1 rings (SSSR count). The third-order valence-corrected chi connectivity index (χ3v) is 1.68. The van der Waals surface area contributed by atoms with E-state index in [-0.39, 0.29) is 11.9 Å². The topological polar surface area (TPSA) is 29.1 Å².